The number of anilines is 1. The van der Waals surface area contributed by atoms with Crippen LogP contribution >= 0.6 is 11.6 Å². The van der Waals surface area contributed by atoms with Gasteiger partial charge in [-0.15, -0.1) is 0 Å². The first kappa shape index (κ1) is 13.2. The SMILES string of the molecule is CC1CN(c2ccc(Cl)cc2)CC(C(=O)O)CN1. The minimum atomic E-state index is -0.754. The molecule has 0 bridgehead atoms. The van der Waals surface area contributed by atoms with E-state index in [9.17, 15) is 9.90 Å². The number of nitrogens with one attached hydrogen (secondary N) is 1. The number of benzene rings is 1. The molecule has 1 aliphatic heterocycles. The molecule has 2 unspecified atom stereocenters. The Bertz CT molecular complexity index is 422. The monoisotopic (exact) mass is 268 g/mol. The molecule has 1 aliphatic rings. The molecule has 0 amide bonds. The quantitative estimate of drug-likeness (QED) is 0.859. The third-order valence-corrected chi connectivity index (χ3v) is 3.44. The first-order chi connectivity index (χ1) is 8.56. The summed E-state index contributed by atoms with van der Waals surface area (Å²) in [5, 5.41) is 13.1. The summed E-state index contributed by atoms with van der Waals surface area (Å²) in [6, 6.07) is 7.79. The topological polar surface area (TPSA) is 52.6 Å². The Morgan fingerprint density at radius 2 is 2.06 bits per heavy atom. The largest absolute Gasteiger partial charge is 0.481 e. The van der Waals surface area contributed by atoms with Gasteiger partial charge in [-0.1, -0.05) is 11.6 Å². The van der Waals surface area contributed by atoms with Crippen LogP contribution in [0.5, 0.6) is 0 Å². The van der Waals surface area contributed by atoms with Gasteiger partial charge in [0.15, 0.2) is 0 Å². The Morgan fingerprint density at radius 1 is 1.39 bits per heavy atom. The smallest absolute Gasteiger partial charge is 0.309 e. The lowest BCUT2D eigenvalue weighted by molar-refractivity contribution is -0.141. The van der Waals surface area contributed by atoms with Gasteiger partial charge in [0.05, 0.1) is 5.92 Å². The Kier molecular flexibility index (Phi) is 4.09. The number of nitrogens with zero attached hydrogens (tertiary/aromatic N) is 1. The summed E-state index contributed by atoms with van der Waals surface area (Å²) >= 11 is 5.87. The van der Waals surface area contributed by atoms with Gasteiger partial charge in [-0.2, -0.15) is 0 Å². The zero-order valence-electron chi connectivity index (χ0n) is 10.3. The molecular weight excluding hydrogens is 252 g/mol. The summed E-state index contributed by atoms with van der Waals surface area (Å²) in [6.45, 7) is 3.90. The van der Waals surface area contributed by atoms with Crippen molar-refractivity contribution < 1.29 is 9.90 Å². The van der Waals surface area contributed by atoms with Crippen molar-refractivity contribution in [2.45, 2.75) is 13.0 Å². The van der Waals surface area contributed by atoms with Crippen molar-refractivity contribution in [3.63, 3.8) is 0 Å². The summed E-state index contributed by atoms with van der Waals surface area (Å²) < 4.78 is 0. The minimum absolute atomic E-state index is 0.269. The fourth-order valence-corrected chi connectivity index (χ4v) is 2.30. The van der Waals surface area contributed by atoms with E-state index in [1.165, 1.54) is 0 Å². The Hall–Kier alpha value is -1.26. The molecule has 0 saturated carbocycles. The van der Waals surface area contributed by atoms with Gasteiger partial charge < -0.3 is 15.3 Å². The summed E-state index contributed by atoms with van der Waals surface area (Å²) in [7, 11) is 0. The molecule has 98 valence electrons. The molecule has 5 heteroatoms. The van der Waals surface area contributed by atoms with Gasteiger partial charge in [0.25, 0.3) is 0 Å². The first-order valence-electron chi connectivity index (χ1n) is 6.03. The lowest BCUT2D eigenvalue weighted by Crippen LogP contribution is -2.35. The molecule has 1 heterocycles. The molecule has 18 heavy (non-hydrogen) atoms. The van der Waals surface area contributed by atoms with E-state index >= 15 is 0 Å². The molecule has 4 nitrogen and oxygen atoms in total. The van der Waals surface area contributed by atoms with Crippen LogP contribution in [0.3, 0.4) is 0 Å². The lowest BCUT2D eigenvalue weighted by Gasteiger charge is -2.26. The van der Waals surface area contributed by atoms with Gasteiger partial charge in [0.2, 0.25) is 0 Å². The maximum atomic E-state index is 11.2. The molecule has 2 N–H and O–H groups in total. The molecule has 2 rings (SSSR count). The highest BCUT2D eigenvalue weighted by atomic mass is 35.5. The van der Waals surface area contributed by atoms with Crippen molar-refractivity contribution in [1.29, 1.82) is 0 Å². The molecule has 1 aromatic rings. The third kappa shape index (κ3) is 3.15. The van der Waals surface area contributed by atoms with Crippen LogP contribution in [-0.4, -0.2) is 36.8 Å². The van der Waals surface area contributed by atoms with Crippen molar-refractivity contribution in [2.75, 3.05) is 24.5 Å². The summed E-state index contributed by atoms with van der Waals surface area (Å²) in [4.78, 5) is 13.3. The van der Waals surface area contributed by atoms with Crippen LogP contribution in [0.25, 0.3) is 0 Å². The van der Waals surface area contributed by atoms with Crippen LogP contribution in [0.1, 0.15) is 6.92 Å². The molecule has 2 atom stereocenters. The van der Waals surface area contributed by atoms with E-state index in [2.05, 4.69) is 17.1 Å². The van der Waals surface area contributed by atoms with Gasteiger partial charge in [0.1, 0.15) is 0 Å². The zero-order valence-corrected chi connectivity index (χ0v) is 11.0. The molecular formula is C13H17ClN2O2. The Labute approximate surface area is 112 Å². The van der Waals surface area contributed by atoms with Gasteiger partial charge >= 0.3 is 5.97 Å². The Morgan fingerprint density at radius 3 is 2.67 bits per heavy atom. The number of hydrogen-bond donors (Lipinski definition) is 2. The third-order valence-electron chi connectivity index (χ3n) is 3.19. The molecule has 1 fully saturated rings. The number of carboxylic acids is 1. The number of carbonyl (C=O) groups is 1. The van der Waals surface area contributed by atoms with Gasteiger partial charge in [-0.05, 0) is 31.2 Å². The predicted octanol–water partition coefficient (Wildman–Crippen LogP) is 1.84. The van der Waals surface area contributed by atoms with E-state index in [4.69, 9.17) is 11.6 Å². The molecule has 0 aromatic heterocycles. The summed E-state index contributed by atoms with van der Waals surface area (Å²) in [5.41, 5.74) is 1.02. The van der Waals surface area contributed by atoms with Gasteiger partial charge in [-0.25, -0.2) is 0 Å². The van der Waals surface area contributed by atoms with Crippen molar-refractivity contribution in [1.82, 2.24) is 5.32 Å². The normalized spacial score (nSPS) is 24.7. The number of rotatable bonds is 2. The van der Waals surface area contributed by atoms with E-state index in [0.717, 1.165) is 12.2 Å². The fourth-order valence-electron chi connectivity index (χ4n) is 2.17. The summed E-state index contributed by atoms with van der Waals surface area (Å²) in [6.07, 6.45) is 0. The molecule has 0 spiro atoms. The number of aliphatic carboxylic acids is 1. The van der Waals surface area contributed by atoms with E-state index in [1.807, 2.05) is 24.3 Å². The van der Waals surface area contributed by atoms with E-state index in [-0.39, 0.29) is 12.0 Å². The van der Waals surface area contributed by atoms with Crippen molar-refractivity contribution in [2.24, 2.45) is 5.92 Å². The average Bonchev–Trinajstić information content (AvgIpc) is 2.52. The fraction of sp³-hybridized carbons (Fsp3) is 0.462. The second-order valence-electron chi connectivity index (χ2n) is 4.73. The van der Waals surface area contributed by atoms with Crippen molar-refractivity contribution in [3.8, 4) is 0 Å². The van der Waals surface area contributed by atoms with Crippen molar-refractivity contribution >= 4 is 23.3 Å². The number of halogens is 1. The molecule has 1 aromatic carbocycles. The van der Waals surface area contributed by atoms with Crippen LogP contribution < -0.4 is 10.2 Å². The van der Waals surface area contributed by atoms with Crippen LogP contribution in [0.4, 0.5) is 5.69 Å². The highest BCUT2D eigenvalue weighted by molar-refractivity contribution is 6.30. The lowest BCUT2D eigenvalue weighted by atomic mass is 10.1. The number of hydrogen-bond acceptors (Lipinski definition) is 3. The van der Waals surface area contributed by atoms with E-state index in [0.29, 0.717) is 18.1 Å². The highest BCUT2D eigenvalue weighted by Gasteiger charge is 2.26. The second-order valence-corrected chi connectivity index (χ2v) is 5.16. The second kappa shape index (κ2) is 5.59. The first-order valence-corrected chi connectivity index (χ1v) is 6.41. The van der Waals surface area contributed by atoms with Crippen LogP contribution in [0.15, 0.2) is 24.3 Å². The maximum Gasteiger partial charge on any atom is 0.309 e. The molecule has 0 aliphatic carbocycles. The standard InChI is InChI=1S/C13H17ClN2O2/c1-9-7-16(8-10(6-15-9)13(17)18)12-4-2-11(14)3-5-12/h2-5,9-10,15H,6-8H2,1H3,(H,17,18). The molecule has 1 saturated heterocycles. The van der Waals surface area contributed by atoms with E-state index in [1.54, 1.807) is 0 Å². The molecule has 0 radical (unpaired) electrons. The zero-order chi connectivity index (χ0) is 13.1. The van der Waals surface area contributed by atoms with Gasteiger partial charge in [-0.3, -0.25) is 4.79 Å². The maximum absolute atomic E-state index is 11.2. The van der Waals surface area contributed by atoms with Crippen LogP contribution in [-0.2, 0) is 4.79 Å². The Balaban J connectivity index is 2.18. The van der Waals surface area contributed by atoms with Crippen LogP contribution in [0.2, 0.25) is 5.02 Å². The van der Waals surface area contributed by atoms with Gasteiger partial charge in [0, 0.05) is 36.4 Å². The van der Waals surface area contributed by atoms with Crippen LogP contribution in [0, 0.1) is 5.92 Å². The van der Waals surface area contributed by atoms with Crippen molar-refractivity contribution in [3.05, 3.63) is 29.3 Å². The highest BCUT2D eigenvalue weighted by Crippen LogP contribution is 2.20. The predicted molar refractivity (Wildman–Crippen MR) is 72.3 cm³/mol. The average molecular weight is 269 g/mol. The van der Waals surface area contributed by atoms with E-state index < -0.39 is 5.97 Å². The summed E-state index contributed by atoms with van der Waals surface area (Å²) in [5.74, 6) is -1.14. The number of carboxylic acid groups (broad SMARTS) is 1. The minimum Gasteiger partial charge on any atom is -0.481 e.